The van der Waals surface area contributed by atoms with Gasteiger partial charge in [-0.25, -0.2) is 4.98 Å². The largest absolute Gasteiger partial charge is 0.337 e. The monoisotopic (exact) mass is 407 g/mol. The van der Waals surface area contributed by atoms with Crippen molar-refractivity contribution in [3.05, 3.63) is 20.8 Å². The lowest BCUT2D eigenvalue weighted by Crippen LogP contribution is -2.43. The predicted octanol–water partition coefficient (Wildman–Crippen LogP) is 4.09. The number of aryl methyl sites for hydroxylation is 2. The third-order valence-corrected chi connectivity index (χ3v) is 7.23. The van der Waals surface area contributed by atoms with E-state index < -0.39 is 0 Å². The highest BCUT2D eigenvalue weighted by Crippen LogP contribution is 2.34. The highest BCUT2D eigenvalue weighted by atomic mass is 32.2. The minimum absolute atomic E-state index is 0.0569. The van der Waals surface area contributed by atoms with Crippen LogP contribution in [0.25, 0.3) is 10.2 Å². The van der Waals surface area contributed by atoms with Gasteiger partial charge in [-0.1, -0.05) is 11.8 Å². The van der Waals surface area contributed by atoms with E-state index in [0.717, 1.165) is 29.5 Å². The van der Waals surface area contributed by atoms with Gasteiger partial charge in [0.15, 0.2) is 5.16 Å². The molecule has 2 aromatic heterocycles. The zero-order valence-electron chi connectivity index (χ0n) is 16.9. The topological polar surface area (TPSA) is 55.2 Å². The van der Waals surface area contributed by atoms with Crippen LogP contribution in [0.3, 0.4) is 0 Å². The summed E-state index contributed by atoms with van der Waals surface area (Å²) in [7, 11) is 0. The Kier molecular flexibility index (Phi) is 6.31. The first-order valence-corrected chi connectivity index (χ1v) is 11.6. The van der Waals surface area contributed by atoms with Crippen LogP contribution in [0.1, 0.15) is 57.9 Å². The predicted molar refractivity (Wildman–Crippen MR) is 114 cm³/mol. The third kappa shape index (κ3) is 3.94. The van der Waals surface area contributed by atoms with E-state index in [4.69, 9.17) is 4.98 Å². The Morgan fingerprint density at radius 3 is 2.52 bits per heavy atom. The molecule has 27 heavy (non-hydrogen) atoms. The number of carbonyl (C=O) groups is 1. The molecule has 7 heteroatoms. The van der Waals surface area contributed by atoms with Gasteiger partial charge in [0.05, 0.1) is 11.1 Å². The van der Waals surface area contributed by atoms with Gasteiger partial charge >= 0.3 is 0 Å². The van der Waals surface area contributed by atoms with Crippen molar-refractivity contribution < 1.29 is 4.79 Å². The molecular formula is C20H29N3O2S2. The van der Waals surface area contributed by atoms with Crippen molar-refractivity contribution in [2.75, 3.05) is 5.75 Å². The Hall–Kier alpha value is -1.34. The SMILES string of the molecule is CCn1c(SCC(=O)N(C(C)C)C(C)C)nc2sc3c(c2c1=O)CCCC3. The summed E-state index contributed by atoms with van der Waals surface area (Å²) in [5.74, 6) is 0.395. The summed E-state index contributed by atoms with van der Waals surface area (Å²) in [5, 5.41) is 1.48. The van der Waals surface area contributed by atoms with Crippen molar-refractivity contribution in [1.82, 2.24) is 14.5 Å². The van der Waals surface area contributed by atoms with Gasteiger partial charge in [-0.05, 0) is 65.9 Å². The molecule has 148 valence electrons. The van der Waals surface area contributed by atoms with Crippen molar-refractivity contribution in [1.29, 1.82) is 0 Å². The van der Waals surface area contributed by atoms with E-state index in [1.54, 1.807) is 15.9 Å². The van der Waals surface area contributed by atoms with Gasteiger partial charge in [-0.2, -0.15) is 0 Å². The molecule has 3 rings (SSSR count). The Labute approximate surface area is 169 Å². The van der Waals surface area contributed by atoms with Crippen LogP contribution in [0.4, 0.5) is 0 Å². The molecule has 2 aromatic rings. The van der Waals surface area contributed by atoms with E-state index in [0.29, 0.717) is 17.5 Å². The third-order valence-electron chi connectivity index (χ3n) is 5.08. The van der Waals surface area contributed by atoms with Crippen LogP contribution in [-0.4, -0.2) is 38.2 Å². The fraction of sp³-hybridized carbons (Fsp3) is 0.650. The molecule has 2 heterocycles. The number of thioether (sulfide) groups is 1. The van der Waals surface area contributed by atoms with Gasteiger partial charge in [0.1, 0.15) is 4.83 Å². The number of nitrogens with zero attached hydrogens (tertiary/aromatic N) is 3. The second kappa shape index (κ2) is 8.35. The molecule has 0 saturated carbocycles. The summed E-state index contributed by atoms with van der Waals surface area (Å²) >= 11 is 3.05. The molecule has 0 spiro atoms. The standard InChI is InChI=1S/C20H29N3O2S2/c1-6-22-19(25)17-14-9-7-8-10-15(14)27-18(17)21-20(22)26-11-16(24)23(12(2)3)13(4)5/h12-13H,6-11H2,1-5H3. The molecule has 0 fully saturated rings. The maximum Gasteiger partial charge on any atom is 0.263 e. The maximum atomic E-state index is 13.1. The van der Waals surface area contributed by atoms with Crippen LogP contribution >= 0.6 is 23.1 Å². The second-order valence-corrected chi connectivity index (χ2v) is 9.64. The average Bonchev–Trinajstić information content (AvgIpc) is 2.97. The minimum Gasteiger partial charge on any atom is -0.337 e. The number of hydrogen-bond acceptors (Lipinski definition) is 5. The lowest BCUT2D eigenvalue weighted by Gasteiger charge is -2.30. The quantitative estimate of drug-likeness (QED) is 0.534. The Balaban J connectivity index is 1.93. The Bertz CT molecular complexity index is 891. The number of rotatable bonds is 6. The summed E-state index contributed by atoms with van der Waals surface area (Å²) in [6, 6.07) is 0.317. The van der Waals surface area contributed by atoms with E-state index in [1.807, 2.05) is 39.5 Å². The van der Waals surface area contributed by atoms with Crippen LogP contribution in [-0.2, 0) is 24.2 Å². The first-order valence-electron chi connectivity index (χ1n) is 9.84. The molecule has 0 saturated heterocycles. The van der Waals surface area contributed by atoms with Crippen LogP contribution in [0.5, 0.6) is 0 Å². The smallest absolute Gasteiger partial charge is 0.263 e. The highest BCUT2D eigenvalue weighted by Gasteiger charge is 2.24. The molecule has 0 unspecified atom stereocenters. The summed E-state index contributed by atoms with van der Waals surface area (Å²) in [6.45, 7) is 10.7. The van der Waals surface area contributed by atoms with E-state index in [-0.39, 0.29) is 23.6 Å². The number of carbonyl (C=O) groups excluding carboxylic acids is 1. The van der Waals surface area contributed by atoms with Gasteiger partial charge in [-0.15, -0.1) is 11.3 Å². The first-order chi connectivity index (χ1) is 12.8. The molecule has 0 atom stereocenters. The molecular weight excluding hydrogens is 378 g/mol. The maximum absolute atomic E-state index is 13.1. The number of amides is 1. The number of hydrogen-bond donors (Lipinski definition) is 0. The first kappa shape index (κ1) is 20.4. The number of thiophene rings is 1. The van der Waals surface area contributed by atoms with Gasteiger partial charge in [-0.3, -0.25) is 14.2 Å². The van der Waals surface area contributed by atoms with E-state index in [2.05, 4.69) is 0 Å². The molecule has 1 amide bonds. The van der Waals surface area contributed by atoms with Crippen LogP contribution in [0, 0.1) is 0 Å². The van der Waals surface area contributed by atoms with Crippen LogP contribution in [0.2, 0.25) is 0 Å². The molecule has 1 aliphatic carbocycles. The van der Waals surface area contributed by atoms with E-state index >= 15 is 0 Å². The number of aromatic nitrogens is 2. The summed E-state index contributed by atoms with van der Waals surface area (Å²) < 4.78 is 1.73. The summed E-state index contributed by atoms with van der Waals surface area (Å²) in [6.07, 6.45) is 4.38. The Morgan fingerprint density at radius 1 is 1.22 bits per heavy atom. The average molecular weight is 408 g/mol. The van der Waals surface area contributed by atoms with Gasteiger partial charge in [0, 0.05) is 23.5 Å². The fourth-order valence-corrected chi connectivity index (χ4v) is 6.22. The molecule has 0 N–H and O–H groups in total. The zero-order chi connectivity index (χ0) is 19.7. The van der Waals surface area contributed by atoms with Crippen LogP contribution < -0.4 is 5.56 Å². The number of fused-ring (bicyclic) bond motifs is 3. The molecule has 0 radical (unpaired) electrons. The molecule has 1 aliphatic rings. The van der Waals surface area contributed by atoms with Crippen molar-refractivity contribution in [3.63, 3.8) is 0 Å². The van der Waals surface area contributed by atoms with Gasteiger partial charge in [0.25, 0.3) is 5.56 Å². The summed E-state index contributed by atoms with van der Waals surface area (Å²) in [4.78, 5) is 34.7. The van der Waals surface area contributed by atoms with Crippen LogP contribution in [0.15, 0.2) is 9.95 Å². The minimum atomic E-state index is 0.0569. The zero-order valence-corrected chi connectivity index (χ0v) is 18.5. The van der Waals surface area contributed by atoms with Gasteiger partial charge in [0.2, 0.25) is 5.91 Å². The Morgan fingerprint density at radius 2 is 1.89 bits per heavy atom. The normalized spacial score (nSPS) is 14.2. The fourth-order valence-electron chi connectivity index (χ4n) is 3.98. The van der Waals surface area contributed by atoms with Crippen molar-refractivity contribution in [3.8, 4) is 0 Å². The lowest BCUT2D eigenvalue weighted by molar-refractivity contribution is -0.131. The van der Waals surface area contributed by atoms with Crippen molar-refractivity contribution >= 4 is 39.2 Å². The van der Waals surface area contributed by atoms with E-state index in [9.17, 15) is 9.59 Å². The van der Waals surface area contributed by atoms with E-state index in [1.165, 1.54) is 28.6 Å². The molecule has 0 aromatic carbocycles. The highest BCUT2D eigenvalue weighted by molar-refractivity contribution is 7.99. The van der Waals surface area contributed by atoms with Crippen molar-refractivity contribution in [2.24, 2.45) is 0 Å². The molecule has 0 bridgehead atoms. The summed E-state index contributed by atoms with van der Waals surface area (Å²) in [5.41, 5.74) is 1.28. The second-order valence-electron chi connectivity index (χ2n) is 7.61. The van der Waals surface area contributed by atoms with Crippen molar-refractivity contribution in [2.45, 2.75) is 84.1 Å². The van der Waals surface area contributed by atoms with Gasteiger partial charge < -0.3 is 4.90 Å². The molecule has 5 nitrogen and oxygen atoms in total. The molecule has 0 aliphatic heterocycles. The lowest BCUT2D eigenvalue weighted by atomic mass is 9.97.